The van der Waals surface area contributed by atoms with Crippen molar-refractivity contribution in [3.05, 3.63) is 23.3 Å². The van der Waals surface area contributed by atoms with Crippen LogP contribution in [0.1, 0.15) is 19.8 Å². The van der Waals surface area contributed by atoms with Gasteiger partial charge in [-0.3, -0.25) is 9.50 Å². The average Bonchev–Trinajstić information content (AvgIpc) is 2.92. The normalized spacial score (nSPS) is 25.9. The van der Waals surface area contributed by atoms with Crippen LogP contribution in [-0.2, 0) is 19.0 Å². The van der Waals surface area contributed by atoms with Crippen LogP contribution >= 0.6 is 11.9 Å². The molecule has 2 atom stereocenters. The summed E-state index contributed by atoms with van der Waals surface area (Å²) in [7, 11) is -3.60. The minimum atomic E-state index is -3.60. The van der Waals surface area contributed by atoms with E-state index in [9.17, 15) is 8.42 Å². The second-order valence-corrected chi connectivity index (χ2v) is 7.25. The van der Waals surface area contributed by atoms with Crippen molar-refractivity contribution >= 4 is 22.1 Å². The Hall–Kier alpha value is -0.540. The number of rotatable bonds is 6. The summed E-state index contributed by atoms with van der Waals surface area (Å²) in [6.07, 6.45) is 7.62. The predicted molar refractivity (Wildman–Crippen MR) is 79.3 cm³/mol. The van der Waals surface area contributed by atoms with Gasteiger partial charge in [0.25, 0.3) is 10.1 Å². The summed E-state index contributed by atoms with van der Waals surface area (Å²) >= 11 is 1.36. The zero-order valence-corrected chi connectivity index (χ0v) is 13.2. The van der Waals surface area contributed by atoms with Gasteiger partial charge in [-0.25, -0.2) is 0 Å². The highest BCUT2D eigenvalue weighted by atomic mass is 32.2. The van der Waals surface area contributed by atoms with E-state index in [1.54, 1.807) is 6.20 Å². The van der Waals surface area contributed by atoms with E-state index < -0.39 is 15.7 Å². The van der Waals surface area contributed by atoms with Gasteiger partial charge in [0, 0.05) is 17.6 Å². The summed E-state index contributed by atoms with van der Waals surface area (Å²) in [4.78, 5) is 0.820. The molecule has 2 rings (SSSR count). The van der Waals surface area contributed by atoms with Crippen LogP contribution in [0.15, 0.2) is 23.3 Å². The molecule has 8 heteroatoms. The molecule has 0 aromatic rings. The number of ether oxygens (including phenoxy) is 1. The Bertz CT molecular complexity index is 498. The van der Waals surface area contributed by atoms with Crippen LogP contribution in [0, 0.1) is 0 Å². The van der Waals surface area contributed by atoms with Gasteiger partial charge < -0.3 is 9.46 Å². The van der Waals surface area contributed by atoms with Crippen LogP contribution < -0.4 is 10.0 Å². The summed E-state index contributed by atoms with van der Waals surface area (Å²) in [6.45, 7) is 2.97. The Morgan fingerprint density at radius 3 is 2.90 bits per heavy atom. The monoisotopic (exact) mass is 320 g/mol. The molecule has 2 heterocycles. The molecule has 2 N–H and O–H groups in total. The van der Waals surface area contributed by atoms with Crippen LogP contribution in [0.25, 0.3) is 0 Å². The van der Waals surface area contributed by atoms with E-state index >= 15 is 0 Å². The van der Waals surface area contributed by atoms with Crippen LogP contribution in [0.4, 0.5) is 0 Å². The van der Waals surface area contributed by atoms with Gasteiger partial charge in [-0.2, -0.15) is 8.42 Å². The molecule has 0 aromatic carbocycles. The van der Waals surface area contributed by atoms with Crippen molar-refractivity contribution in [2.75, 3.05) is 19.5 Å². The lowest BCUT2D eigenvalue weighted by Gasteiger charge is -2.38. The van der Waals surface area contributed by atoms with Crippen LogP contribution in [0.3, 0.4) is 0 Å². The molecule has 1 saturated heterocycles. The lowest BCUT2D eigenvalue weighted by Crippen LogP contribution is -2.49. The van der Waals surface area contributed by atoms with E-state index in [4.69, 9.17) is 8.92 Å². The topological polar surface area (TPSA) is 76.7 Å². The lowest BCUT2D eigenvalue weighted by atomic mass is 9.90. The first-order valence-corrected chi connectivity index (χ1v) is 9.14. The SMILES string of the molecule is CCCC(OS(C)(=O)=O)(C1=CC=CNS1)C1CNCO1. The molecular formula is C12H20N2O4S2. The highest BCUT2D eigenvalue weighted by molar-refractivity contribution is 8.01. The first-order valence-electron chi connectivity index (χ1n) is 6.50. The molecule has 0 saturated carbocycles. The van der Waals surface area contributed by atoms with Crippen molar-refractivity contribution in [1.29, 1.82) is 0 Å². The van der Waals surface area contributed by atoms with Crippen molar-refractivity contribution in [2.24, 2.45) is 0 Å². The molecule has 0 amide bonds. The zero-order valence-electron chi connectivity index (χ0n) is 11.6. The second-order valence-electron chi connectivity index (χ2n) is 4.79. The van der Waals surface area contributed by atoms with Crippen molar-refractivity contribution in [3.63, 3.8) is 0 Å². The van der Waals surface area contributed by atoms with Gasteiger partial charge in [0.15, 0.2) is 0 Å². The Kier molecular flexibility index (Phi) is 5.14. The molecule has 2 aliphatic rings. The van der Waals surface area contributed by atoms with Gasteiger partial charge in [-0.15, -0.1) is 0 Å². The fourth-order valence-electron chi connectivity index (χ4n) is 2.46. The Labute approximate surface area is 124 Å². The molecule has 0 radical (unpaired) electrons. The van der Waals surface area contributed by atoms with Gasteiger partial charge in [0.1, 0.15) is 11.7 Å². The van der Waals surface area contributed by atoms with Crippen LogP contribution in [-0.4, -0.2) is 39.7 Å². The summed E-state index contributed by atoms with van der Waals surface area (Å²) < 4.78 is 37.7. The molecule has 0 aromatic heterocycles. The third-order valence-electron chi connectivity index (χ3n) is 3.16. The molecule has 114 valence electrons. The minimum absolute atomic E-state index is 0.329. The molecule has 1 fully saturated rings. The van der Waals surface area contributed by atoms with Gasteiger partial charge in [-0.1, -0.05) is 13.3 Å². The van der Waals surface area contributed by atoms with Gasteiger partial charge >= 0.3 is 0 Å². The maximum Gasteiger partial charge on any atom is 0.265 e. The Morgan fingerprint density at radius 1 is 1.60 bits per heavy atom. The number of hydrogen-bond donors (Lipinski definition) is 2. The highest BCUT2D eigenvalue weighted by Gasteiger charge is 2.48. The molecular weight excluding hydrogens is 300 g/mol. The first-order chi connectivity index (χ1) is 9.48. The molecule has 0 aliphatic carbocycles. The molecule has 20 heavy (non-hydrogen) atoms. The third-order valence-corrected chi connectivity index (χ3v) is 4.71. The van der Waals surface area contributed by atoms with Crippen molar-refractivity contribution in [2.45, 2.75) is 31.5 Å². The Morgan fingerprint density at radius 2 is 2.40 bits per heavy atom. The Balaban J connectivity index is 2.41. The van der Waals surface area contributed by atoms with Gasteiger partial charge in [0.05, 0.1) is 13.0 Å². The first kappa shape index (κ1) is 15.8. The lowest BCUT2D eigenvalue weighted by molar-refractivity contribution is -0.0343. The second kappa shape index (κ2) is 6.48. The summed E-state index contributed by atoms with van der Waals surface area (Å²) in [5.74, 6) is 0. The smallest absolute Gasteiger partial charge is 0.265 e. The molecule has 0 spiro atoms. The molecule has 2 aliphatic heterocycles. The van der Waals surface area contributed by atoms with Crippen molar-refractivity contribution in [1.82, 2.24) is 10.0 Å². The maximum absolute atomic E-state index is 11.7. The molecule has 2 unspecified atom stereocenters. The standard InChI is InChI=1S/C12H20N2O4S2/c1-3-6-12(18-20(2,15)16,10-8-13-9-17-10)11-5-4-7-14-19-11/h4-5,7,10,13-14H,3,6,8-9H2,1-2H3. The highest BCUT2D eigenvalue weighted by Crippen LogP contribution is 2.41. The van der Waals surface area contributed by atoms with Crippen molar-refractivity contribution in [3.8, 4) is 0 Å². The van der Waals surface area contributed by atoms with E-state index in [1.165, 1.54) is 11.9 Å². The minimum Gasteiger partial charge on any atom is -0.358 e. The quantitative estimate of drug-likeness (QED) is 0.560. The van der Waals surface area contributed by atoms with E-state index in [0.29, 0.717) is 19.7 Å². The van der Waals surface area contributed by atoms with E-state index in [1.807, 2.05) is 19.1 Å². The summed E-state index contributed by atoms with van der Waals surface area (Å²) in [5, 5.41) is 3.09. The maximum atomic E-state index is 11.7. The van der Waals surface area contributed by atoms with Crippen molar-refractivity contribution < 1.29 is 17.3 Å². The third kappa shape index (κ3) is 3.56. The van der Waals surface area contributed by atoms with Crippen LogP contribution in [0.5, 0.6) is 0 Å². The number of allylic oxidation sites excluding steroid dienone is 2. The van der Waals surface area contributed by atoms with E-state index in [-0.39, 0.29) is 6.10 Å². The van der Waals surface area contributed by atoms with E-state index in [2.05, 4.69) is 10.0 Å². The van der Waals surface area contributed by atoms with E-state index in [0.717, 1.165) is 17.6 Å². The largest absolute Gasteiger partial charge is 0.358 e. The number of hydrogen-bond acceptors (Lipinski definition) is 7. The van der Waals surface area contributed by atoms with Gasteiger partial charge in [-0.05, 0) is 30.5 Å². The summed E-state index contributed by atoms with van der Waals surface area (Å²) in [5.41, 5.74) is -0.978. The predicted octanol–water partition coefficient (Wildman–Crippen LogP) is 1.10. The molecule has 6 nitrogen and oxygen atoms in total. The van der Waals surface area contributed by atoms with Gasteiger partial charge in [0.2, 0.25) is 0 Å². The fraction of sp³-hybridized carbons (Fsp3) is 0.667. The number of nitrogens with one attached hydrogen (secondary N) is 2. The fourth-order valence-corrected chi connectivity index (χ4v) is 4.20. The summed E-state index contributed by atoms with van der Waals surface area (Å²) in [6, 6.07) is 0. The average molecular weight is 320 g/mol. The zero-order chi connectivity index (χ0) is 14.6. The van der Waals surface area contributed by atoms with Crippen LogP contribution in [0.2, 0.25) is 0 Å². The molecule has 0 bridgehead atoms.